The first-order valence-corrected chi connectivity index (χ1v) is 7.95. The van der Waals surface area contributed by atoms with Crippen LogP contribution in [0.5, 0.6) is 0 Å². The molecule has 3 N–H and O–H groups in total. The Bertz CT molecular complexity index is 858. The maximum atomic E-state index is 11.4. The number of nitrogens with two attached hydrogens (primary N) is 1. The Labute approximate surface area is 152 Å². The SMILES string of the molecule is CC(=O)OC[C@H]1O[C@@H](n2cnc3c(N)nc(Cl)nc32)[C@H](OC(C)=O)[C@@H]1O. The molecule has 0 bridgehead atoms. The highest BCUT2D eigenvalue weighted by atomic mass is 35.5. The van der Waals surface area contributed by atoms with Gasteiger partial charge >= 0.3 is 11.9 Å². The lowest BCUT2D eigenvalue weighted by molar-refractivity contribution is -0.155. The van der Waals surface area contributed by atoms with Crippen molar-refractivity contribution in [1.29, 1.82) is 0 Å². The summed E-state index contributed by atoms with van der Waals surface area (Å²) in [5.41, 5.74) is 6.29. The number of aromatic nitrogens is 4. The molecule has 0 spiro atoms. The number of imidazole rings is 1. The molecule has 0 saturated carbocycles. The maximum Gasteiger partial charge on any atom is 0.303 e. The van der Waals surface area contributed by atoms with E-state index in [9.17, 15) is 14.7 Å². The molecule has 0 amide bonds. The van der Waals surface area contributed by atoms with Gasteiger partial charge in [0.05, 0.1) is 6.33 Å². The fourth-order valence-corrected chi connectivity index (χ4v) is 2.87. The van der Waals surface area contributed by atoms with Crippen LogP contribution in [0.25, 0.3) is 11.2 Å². The van der Waals surface area contributed by atoms with Gasteiger partial charge in [0.2, 0.25) is 5.28 Å². The molecule has 140 valence electrons. The molecule has 1 fully saturated rings. The lowest BCUT2D eigenvalue weighted by Crippen LogP contribution is -2.37. The zero-order valence-electron chi connectivity index (χ0n) is 13.8. The molecule has 1 aliphatic rings. The summed E-state index contributed by atoms with van der Waals surface area (Å²) < 4.78 is 17.2. The minimum atomic E-state index is -1.24. The molecule has 3 heterocycles. The first-order valence-electron chi connectivity index (χ1n) is 7.57. The van der Waals surface area contributed by atoms with Crippen LogP contribution < -0.4 is 5.73 Å². The van der Waals surface area contributed by atoms with Gasteiger partial charge in [0, 0.05) is 13.8 Å². The van der Waals surface area contributed by atoms with Crippen LogP contribution in [0.2, 0.25) is 5.28 Å². The molecular formula is C14H16ClN5O6. The molecule has 0 unspecified atom stereocenters. The van der Waals surface area contributed by atoms with Crippen molar-refractivity contribution in [3.8, 4) is 0 Å². The average molecular weight is 386 g/mol. The average Bonchev–Trinajstić information content (AvgIpc) is 3.08. The van der Waals surface area contributed by atoms with Gasteiger partial charge in [-0.3, -0.25) is 14.2 Å². The Morgan fingerprint density at radius 3 is 2.77 bits per heavy atom. The molecular weight excluding hydrogens is 370 g/mol. The molecule has 1 saturated heterocycles. The number of hydrogen-bond acceptors (Lipinski definition) is 10. The molecule has 26 heavy (non-hydrogen) atoms. The second-order valence-electron chi connectivity index (χ2n) is 5.63. The van der Waals surface area contributed by atoms with Crippen molar-refractivity contribution < 1.29 is 28.9 Å². The van der Waals surface area contributed by atoms with Crippen LogP contribution in [0.4, 0.5) is 5.82 Å². The van der Waals surface area contributed by atoms with Crippen LogP contribution in [0, 0.1) is 0 Å². The van der Waals surface area contributed by atoms with Gasteiger partial charge in [0.15, 0.2) is 23.8 Å². The molecule has 2 aromatic rings. The van der Waals surface area contributed by atoms with Crippen LogP contribution >= 0.6 is 11.6 Å². The minimum absolute atomic E-state index is 0.0674. The minimum Gasteiger partial charge on any atom is -0.463 e. The summed E-state index contributed by atoms with van der Waals surface area (Å²) in [6.07, 6.45) is -2.87. The Kier molecular flexibility index (Phi) is 4.94. The highest BCUT2D eigenvalue weighted by molar-refractivity contribution is 6.28. The molecule has 11 nitrogen and oxygen atoms in total. The number of hydrogen-bond donors (Lipinski definition) is 2. The van der Waals surface area contributed by atoms with Crippen LogP contribution in [-0.4, -0.2) is 61.5 Å². The summed E-state index contributed by atoms with van der Waals surface area (Å²) in [5.74, 6) is -1.08. The quantitative estimate of drug-likeness (QED) is 0.535. The number of nitrogens with zero attached hydrogens (tertiary/aromatic N) is 4. The van der Waals surface area contributed by atoms with Crippen molar-refractivity contribution in [2.75, 3.05) is 12.3 Å². The van der Waals surface area contributed by atoms with Gasteiger partial charge in [-0.15, -0.1) is 0 Å². The largest absolute Gasteiger partial charge is 0.463 e. The molecule has 0 radical (unpaired) electrons. The van der Waals surface area contributed by atoms with Gasteiger partial charge in [-0.05, 0) is 11.6 Å². The Hall–Kier alpha value is -2.50. The molecule has 0 aromatic carbocycles. The van der Waals surface area contributed by atoms with Gasteiger partial charge in [-0.25, -0.2) is 4.98 Å². The summed E-state index contributed by atoms with van der Waals surface area (Å²) in [6.45, 7) is 2.22. The zero-order chi connectivity index (χ0) is 19.0. The predicted molar refractivity (Wildman–Crippen MR) is 86.8 cm³/mol. The van der Waals surface area contributed by atoms with E-state index in [1.165, 1.54) is 24.7 Å². The number of ether oxygens (including phenoxy) is 3. The smallest absolute Gasteiger partial charge is 0.303 e. The van der Waals surface area contributed by atoms with Crippen molar-refractivity contribution >= 4 is 40.5 Å². The van der Waals surface area contributed by atoms with Gasteiger partial charge in [0.1, 0.15) is 24.3 Å². The first kappa shape index (κ1) is 18.3. The lowest BCUT2D eigenvalue weighted by Gasteiger charge is -2.21. The molecule has 3 rings (SSSR count). The third-order valence-electron chi connectivity index (χ3n) is 3.76. The van der Waals surface area contributed by atoms with Gasteiger partial charge in [-0.2, -0.15) is 9.97 Å². The number of fused-ring (bicyclic) bond motifs is 1. The monoisotopic (exact) mass is 385 g/mol. The van der Waals surface area contributed by atoms with Crippen molar-refractivity contribution in [2.24, 2.45) is 0 Å². The number of carbonyl (C=O) groups is 2. The fraction of sp³-hybridized carbons (Fsp3) is 0.500. The second-order valence-corrected chi connectivity index (χ2v) is 5.97. The van der Waals surface area contributed by atoms with Crippen LogP contribution in [0.1, 0.15) is 20.1 Å². The number of rotatable bonds is 4. The zero-order valence-corrected chi connectivity index (χ0v) is 14.6. The van der Waals surface area contributed by atoms with E-state index in [2.05, 4.69) is 15.0 Å². The summed E-state index contributed by atoms with van der Waals surface area (Å²) in [4.78, 5) is 34.4. The van der Waals surface area contributed by atoms with E-state index in [1.807, 2.05) is 0 Å². The highest BCUT2D eigenvalue weighted by Gasteiger charge is 2.48. The number of aliphatic hydroxyl groups is 1. The van der Waals surface area contributed by atoms with Gasteiger partial charge in [0.25, 0.3) is 0 Å². The van der Waals surface area contributed by atoms with E-state index in [1.54, 1.807) is 0 Å². The predicted octanol–water partition coefficient (Wildman–Crippen LogP) is -0.185. The van der Waals surface area contributed by atoms with Crippen molar-refractivity contribution in [2.45, 2.75) is 38.4 Å². The van der Waals surface area contributed by atoms with E-state index in [0.29, 0.717) is 0 Å². The van der Waals surface area contributed by atoms with Crippen LogP contribution in [0.3, 0.4) is 0 Å². The van der Waals surface area contributed by atoms with Gasteiger partial charge < -0.3 is 25.1 Å². The third kappa shape index (κ3) is 3.41. The molecule has 2 aromatic heterocycles. The van der Waals surface area contributed by atoms with Crippen molar-refractivity contribution in [3.05, 3.63) is 11.6 Å². The fourth-order valence-electron chi connectivity index (χ4n) is 2.70. The third-order valence-corrected chi connectivity index (χ3v) is 3.93. The van der Waals surface area contributed by atoms with E-state index < -0.39 is 36.5 Å². The number of aliphatic hydroxyl groups excluding tert-OH is 1. The second kappa shape index (κ2) is 7.02. The number of anilines is 1. The maximum absolute atomic E-state index is 11.4. The highest BCUT2D eigenvalue weighted by Crippen LogP contribution is 2.34. The standard InChI is InChI=1S/C14H16ClN5O6/c1-5(21)24-3-7-9(23)10(25-6(2)22)13(26-7)20-4-17-8-11(16)18-14(15)19-12(8)20/h4,7,9-10,13,23H,3H2,1-2H3,(H2,16,18,19)/t7-,9-,10-,13-/m1/s1. The van der Waals surface area contributed by atoms with Crippen LogP contribution in [-0.2, 0) is 23.8 Å². The summed E-state index contributed by atoms with van der Waals surface area (Å²) >= 11 is 5.85. The number of halogens is 1. The van der Waals surface area contributed by atoms with Crippen molar-refractivity contribution in [1.82, 2.24) is 19.5 Å². The summed E-state index contributed by atoms with van der Waals surface area (Å²) in [6, 6.07) is 0. The van der Waals surface area contributed by atoms with Crippen LogP contribution in [0.15, 0.2) is 6.33 Å². The van der Waals surface area contributed by atoms with E-state index in [0.717, 1.165) is 0 Å². The number of nitrogen functional groups attached to an aromatic ring is 1. The normalized spacial score (nSPS) is 25.4. The van der Waals surface area contributed by atoms with Crippen molar-refractivity contribution in [3.63, 3.8) is 0 Å². The van der Waals surface area contributed by atoms with E-state index in [-0.39, 0.29) is 28.9 Å². The lowest BCUT2D eigenvalue weighted by atomic mass is 10.1. The molecule has 0 aliphatic carbocycles. The topological polar surface area (TPSA) is 152 Å². The molecule has 1 aliphatic heterocycles. The Morgan fingerprint density at radius 2 is 2.12 bits per heavy atom. The number of esters is 2. The Balaban J connectivity index is 1.98. The number of carbonyl (C=O) groups excluding carboxylic acids is 2. The van der Waals surface area contributed by atoms with E-state index in [4.69, 9.17) is 31.5 Å². The van der Waals surface area contributed by atoms with Gasteiger partial charge in [-0.1, -0.05) is 0 Å². The first-order chi connectivity index (χ1) is 12.3. The summed E-state index contributed by atoms with van der Waals surface area (Å²) in [5, 5.41) is 10.3. The summed E-state index contributed by atoms with van der Waals surface area (Å²) in [7, 11) is 0. The molecule has 12 heteroatoms. The Morgan fingerprint density at radius 1 is 1.38 bits per heavy atom. The molecule has 4 atom stereocenters. The van der Waals surface area contributed by atoms with E-state index >= 15 is 0 Å².